The van der Waals surface area contributed by atoms with Crippen molar-refractivity contribution in [2.75, 3.05) is 12.0 Å². The van der Waals surface area contributed by atoms with Gasteiger partial charge >= 0.3 is 6.18 Å². The monoisotopic (exact) mass is 298 g/mol. The van der Waals surface area contributed by atoms with Crippen LogP contribution in [-0.4, -0.2) is 36.2 Å². The first-order valence-corrected chi connectivity index (χ1v) is 7.87. The molecule has 3 atom stereocenters. The molecule has 0 aliphatic heterocycles. The topological polar surface area (TPSA) is 55.1 Å². The number of halogens is 3. The summed E-state index contributed by atoms with van der Waals surface area (Å²) in [5.74, 6) is -1.17. The fourth-order valence-electron chi connectivity index (χ4n) is 2.36. The maximum Gasteiger partial charge on any atom is 0.393 e. The second-order valence-corrected chi connectivity index (χ2v) is 5.92. The lowest BCUT2D eigenvalue weighted by Gasteiger charge is -2.34. The van der Waals surface area contributed by atoms with Gasteiger partial charge in [-0.05, 0) is 31.3 Å². The van der Waals surface area contributed by atoms with E-state index in [9.17, 15) is 18.0 Å². The average Bonchev–Trinajstić information content (AvgIpc) is 2.35. The van der Waals surface area contributed by atoms with Crippen LogP contribution in [-0.2, 0) is 4.79 Å². The van der Waals surface area contributed by atoms with Gasteiger partial charge in [0.15, 0.2) is 0 Å². The normalized spacial score (nSPS) is 25.9. The molecule has 1 rings (SSSR count). The SMILES string of the molecule is CSCC[C@@H](N)C(=O)NC1CCCCC1C(F)(F)F. The van der Waals surface area contributed by atoms with Crippen LogP contribution in [0.15, 0.2) is 0 Å². The molecule has 1 amide bonds. The number of hydrogen-bond donors (Lipinski definition) is 2. The highest BCUT2D eigenvalue weighted by Crippen LogP contribution is 2.37. The van der Waals surface area contributed by atoms with Gasteiger partial charge in [-0.1, -0.05) is 12.8 Å². The number of amides is 1. The van der Waals surface area contributed by atoms with Crippen molar-refractivity contribution >= 4 is 17.7 Å². The van der Waals surface area contributed by atoms with Crippen LogP contribution in [0.2, 0.25) is 0 Å². The van der Waals surface area contributed by atoms with E-state index >= 15 is 0 Å². The molecule has 0 saturated heterocycles. The van der Waals surface area contributed by atoms with E-state index in [0.29, 0.717) is 19.3 Å². The van der Waals surface area contributed by atoms with E-state index in [0.717, 1.165) is 12.2 Å². The van der Waals surface area contributed by atoms with Crippen molar-refractivity contribution in [3.63, 3.8) is 0 Å². The maximum atomic E-state index is 12.9. The molecule has 0 aromatic carbocycles. The highest BCUT2D eigenvalue weighted by molar-refractivity contribution is 7.98. The Balaban J connectivity index is 2.55. The molecular formula is C12H21F3N2OS. The average molecular weight is 298 g/mol. The van der Waals surface area contributed by atoms with Crippen molar-refractivity contribution < 1.29 is 18.0 Å². The number of carbonyl (C=O) groups excluding carboxylic acids is 1. The van der Waals surface area contributed by atoms with Crippen LogP contribution in [0, 0.1) is 5.92 Å². The summed E-state index contributed by atoms with van der Waals surface area (Å²) in [7, 11) is 0. The zero-order chi connectivity index (χ0) is 14.5. The zero-order valence-corrected chi connectivity index (χ0v) is 11.8. The van der Waals surface area contributed by atoms with E-state index in [1.54, 1.807) is 11.8 Å². The highest BCUT2D eigenvalue weighted by Gasteiger charge is 2.46. The minimum absolute atomic E-state index is 0.0918. The van der Waals surface area contributed by atoms with Gasteiger partial charge in [-0.3, -0.25) is 4.79 Å². The standard InChI is InChI=1S/C12H21F3N2OS/c1-19-7-6-9(16)11(18)17-10-5-3-2-4-8(10)12(13,14)15/h8-10H,2-7,16H2,1H3,(H,17,18)/t8?,9-,10?/m1/s1. The predicted octanol–water partition coefficient (Wildman–Crippen LogP) is 2.30. The number of nitrogens with one attached hydrogen (secondary N) is 1. The highest BCUT2D eigenvalue weighted by atomic mass is 32.2. The Morgan fingerprint density at radius 2 is 2.05 bits per heavy atom. The number of nitrogens with two attached hydrogens (primary N) is 1. The molecule has 3 N–H and O–H groups in total. The van der Waals surface area contributed by atoms with Gasteiger partial charge in [0.05, 0.1) is 12.0 Å². The summed E-state index contributed by atoms with van der Waals surface area (Å²) in [5.41, 5.74) is 5.67. The first-order valence-electron chi connectivity index (χ1n) is 6.48. The molecule has 1 aliphatic rings. The summed E-state index contributed by atoms with van der Waals surface area (Å²) in [6.07, 6.45) is -0.115. The second kappa shape index (κ2) is 7.38. The summed E-state index contributed by atoms with van der Waals surface area (Å²) in [5, 5.41) is 2.49. The molecule has 1 aliphatic carbocycles. The summed E-state index contributed by atoms with van der Waals surface area (Å²) in [4.78, 5) is 11.8. The van der Waals surface area contributed by atoms with Crippen molar-refractivity contribution in [1.82, 2.24) is 5.32 Å². The lowest BCUT2D eigenvalue weighted by molar-refractivity contribution is -0.189. The predicted molar refractivity (Wildman–Crippen MR) is 70.9 cm³/mol. The number of carbonyl (C=O) groups is 1. The molecule has 1 saturated carbocycles. The van der Waals surface area contributed by atoms with Crippen LogP contribution in [0.25, 0.3) is 0 Å². The summed E-state index contributed by atoms with van der Waals surface area (Å²) in [6, 6.07) is -1.54. The molecule has 0 aromatic heterocycles. The first-order chi connectivity index (χ1) is 8.86. The summed E-state index contributed by atoms with van der Waals surface area (Å²) < 4.78 is 38.6. The van der Waals surface area contributed by atoms with Gasteiger partial charge in [-0.15, -0.1) is 0 Å². The van der Waals surface area contributed by atoms with Gasteiger partial charge in [-0.2, -0.15) is 24.9 Å². The lowest BCUT2D eigenvalue weighted by Crippen LogP contribution is -2.52. The molecule has 19 heavy (non-hydrogen) atoms. The Bertz CT molecular complexity index is 299. The van der Waals surface area contributed by atoms with Crippen LogP contribution >= 0.6 is 11.8 Å². The van der Waals surface area contributed by atoms with Crippen LogP contribution in [0.4, 0.5) is 13.2 Å². The lowest BCUT2D eigenvalue weighted by atomic mass is 9.84. The number of hydrogen-bond acceptors (Lipinski definition) is 3. The molecule has 0 bridgehead atoms. The van der Waals surface area contributed by atoms with Crippen molar-refractivity contribution in [2.24, 2.45) is 11.7 Å². The Morgan fingerprint density at radius 3 is 2.63 bits per heavy atom. The molecule has 3 nitrogen and oxygen atoms in total. The van der Waals surface area contributed by atoms with Crippen molar-refractivity contribution in [2.45, 2.75) is 50.4 Å². The van der Waals surface area contributed by atoms with Gasteiger partial charge in [0.25, 0.3) is 0 Å². The van der Waals surface area contributed by atoms with E-state index in [2.05, 4.69) is 5.32 Å². The molecule has 0 radical (unpaired) electrons. The summed E-state index contributed by atoms with van der Waals surface area (Å²) in [6.45, 7) is 0. The molecule has 112 valence electrons. The molecular weight excluding hydrogens is 277 g/mol. The number of thioether (sulfide) groups is 1. The van der Waals surface area contributed by atoms with Gasteiger partial charge in [-0.25, -0.2) is 0 Å². The molecule has 0 aromatic rings. The van der Waals surface area contributed by atoms with E-state index in [1.807, 2.05) is 6.26 Å². The first kappa shape index (κ1) is 16.6. The molecule has 7 heteroatoms. The molecule has 1 fully saturated rings. The Labute approximate surface area is 115 Å². The minimum Gasteiger partial charge on any atom is -0.351 e. The van der Waals surface area contributed by atoms with E-state index in [4.69, 9.17) is 5.73 Å². The van der Waals surface area contributed by atoms with E-state index < -0.39 is 30.1 Å². The zero-order valence-electron chi connectivity index (χ0n) is 11.0. The Hall–Kier alpha value is -0.430. The number of alkyl halides is 3. The third-order valence-corrected chi connectivity index (χ3v) is 4.13. The second-order valence-electron chi connectivity index (χ2n) is 4.94. The van der Waals surface area contributed by atoms with Gasteiger partial charge in [0.2, 0.25) is 5.91 Å². The van der Waals surface area contributed by atoms with Crippen molar-refractivity contribution in [1.29, 1.82) is 0 Å². The van der Waals surface area contributed by atoms with Crippen LogP contribution < -0.4 is 11.1 Å². The molecule has 0 spiro atoms. The summed E-state index contributed by atoms with van der Waals surface area (Å²) >= 11 is 1.56. The van der Waals surface area contributed by atoms with Gasteiger partial charge < -0.3 is 11.1 Å². The minimum atomic E-state index is -4.25. The largest absolute Gasteiger partial charge is 0.393 e. The third kappa shape index (κ3) is 5.22. The Kier molecular flexibility index (Phi) is 6.46. The van der Waals surface area contributed by atoms with Gasteiger partial charge in [0.1, 0.15) is 0 Å². The third-order valence-electron chi connectivity index (χ3n) is 3.48. The smallest absolute Gasteiger partial charge is 0.351 e. The van der Waals surface area contributed by atoms with Crippen molar-refractivity contribution in [3.8, 4) is 0 Å². The van der Waals surface area contributed by atoms with Crippen LogP contribution in [0.3, 0.4) is 0 Å². The molecule has 2 unspecified atom stereocenters. The van der Waals surface area contributed by atoms with Crippen LogP contribution in [0.1, 0.15) is 32.1 Å². The molecule has 0 heterocycles. The van der Waals surface area contributed by atoms with Crippen LogP contribution in [0.5, 0.6) is 0 Å². The van der Waals surface area contributed by atoms with E-state index in [1.165, 1.54) is 0 Å². The van der Waals surface area contributed by atoms with E-state index in [-0.39, 0.29) is 6.42 Å². The fourth-order valence-corrected chi connectivity index (χ4v) is 2.85. The number of rotatable bonds is 5. The maximum absolute atomic E-state index is 12.9. The Morgan fingerprint density at radius 1 is 1.42 bits per heavy atom. The fraction of sp³-hybridized carbons (Fsp3) is 0.917. The van der Waals surface area contributed by atoms with Gasteiger partial charge in [0, 0.05) is 6.04 Å². The van der Waals surface area contributed by atoms with Crippen molar-refractivity contribution in [3.05, 3.63) is 0 Å². The quantitative estimate of drug-likeness (QED) is 0.819.